The van der Waals surface area contributed by atoms with Crippen molar-refractivity contribution in [2.75, 3.05) is 5.32 Å². The highest BCUT2D eigenvalue weighted by molar-refractivity contribution is 7.18. The Morgan fingerprint density at radius 2 is 2.07 bits per heavy atom. The van der Waals surface area contributed by atoms with E-state index in [9.17, 15) is 4.79 Å². The van der Waals surface area contributed by atoms with E-state index in [1.165, 1.54) is 9.75 Å². The van der Waals surface area contributed by atoms with Crippen LogP contribution in [-0.2, 0) is 12.8 Å². The van der Waals surface area contributed by atoms with Crippen LogP contribution in [0.1, 0.15) is 39.8 Å². The number of amides is 1. The molecule has 0 fully saturated rings. The lowest BCUT2D eigenvalue weighted by Gasteiger charge is -2.15. The van der Waals surface area contributed by atoms with E-state index in [1.807, 2.05) is 20.8 Å². The van der Waals surface area contributed by atoms with Gasteiger partial charge in [-0.2, -0.15) is 0 Å². The molecule has 0 saturated carbocycles. The molecule has 2 aromatic heterocycles. The molecule has 1 aromatic carbocycles. The predicted molar refractivity (Wildman–Crippen MR) is 109 cm³/mol. The molecular weight excluding hydrogens is 380 g/mol. The van der Waals surface area contributed by atoms with Gasteiger partial charge in [0, 0.05) is 10.4 Å². The number of carbonyl (C=O) groups excluding carboxylic acids is 1. The summed E-state index contributed by atoms with van der Waals surface area (Å²) in [4.78, 5) is 23.4. The molecular formula is C19H20N4O2S2. The van der Waals surface area contributed by atoms with Crippen LogP contribution in [0.2, 0.25) is 0 Å². The smallest absolute Gasteiger partial charge is 0.248 e. The number of carbonyl (C=O) groups is 1. The van der Waals surface area contributed by atoms with Crippen molar-refractivity contribution < 1.29 is 9.53 Å². The topological polar surface area (TPSA) is 90.1 Å². The van der Waals surface area contributed by atoms with Crippen LogP contribution in [0.4, 0.5) is 10.8 Å². The quantitative estimate of drug-likeness (QED) is 0.666. The van der Waals surface area contributed by atoms with E-state index in [1.54, 1.807) is 40.9 Å². The molecule has 8 heteroatoms. The van der Waals surface area contributed by atoms with Gasteiger partial charge in [0.1, 0.15) is 5.75 Å². The van der Waals surface area contributed by atoms with Gasteiger partial charge in [0.2, 0.25) is 5.91 Å². The van der Waals surface area contributed by atoms with Crippen molar-refractivity contribution in [2.45, 2.75) is 39.7 Å². The van der Waals surface area contributed by atoms with Gasteiger partial charge in [-0.15, -0.1) is 22.7 Å². The number of anilines is 2. The van der Waals surface area contributed by atoms with E-state index >= 15 is 0 Å². The van der Waals surface area contributed by atoms with Crippen LogP contribution in [0.15, 0.2) is 18.2 Å². The lowest BCUT2D eigenvalue weighted by molar-refractivity contribution is 0.100. The molecule has 2 heterocycles. The lowest BCUT2D eigenvalue weighted by Crippen LogP contribution is -2.12. The second-order valence-corrected chi connectivity index (χ2v) is 8.95. The maximum absolute atomic E-state index is 11.6. The van der Waals surface area contributed by atoms with Crippen molar-refractivity contribution in [1.29, 1.82) is 0 Å². The first-order valence-corrected chi connectivity index (χ1v) is 10.4. The number of fused-ring (bicyclic) bond motifs is 3. The van der Waals surface area contributed by atoms with Crippen molar-refractivity contribution in [3.05, 3.63) is 39.3 Å². The first-order valence-electron chi connectivity index (χ1n) is 8.74. The van der Waals surface area contributed by atoms with E-state index in [2.05, 4.69) is 10.3 Å². The summed E-state index contributed by atoms with van der Waals surface area (Å²) in [5, 5.41) is 5.17. The number of nitrogens with two attached hydrogens (primary N) is 1. The molecule has 27 heavy (non-hydrogen) atoms. The standard InChI is InChI=1S/C19H20N4O2S2/c1-9(2)25-14-6-4-11(18(20)24)8-13(14)22-19-23-16-15(27-19)7-5-12-17(16)26-10(3)21-12/h4,6,8-9H,5,7H2,1-3H3,(H2,20,24)(H,22,23). The Bertz CT molecular complexity index is 1020. The molecule has 4 rings (SSSR count). The minimum Gasteiger partial charge on any atom is -0.489 e. The summed E-state index contributed by atoms with van der Waals surface area (Å²) in [6, 6.07) is 5.15. The third-order valence-corrected chi connectivity index (χ3v) is 6.22. The van der Waals surface area contributed by atoms with Crippen molar-refractivity contribution in [3.8, 4) is 16.3 Å². The highest BCUT2D eigenvalue weighted by Gasteiger charge is 2.24. The summed E-state index contributed by atoms with van der Waals surface area (Å²) >= 11 is 3.32. The van der Waals surface area contributed by atoms with Crippen molar-refractivity contribution >= 4 is 39.4 Å². The number of nitrogens with zero attached hydrogens (tertiary/aromatic N) is 2. The van der Waals surface area contributed by atoms with Gasteiger partial charge in [0.15, 0.2) is 5.13 Å². The predicted octanol–water partition coefficient (Wildman–Crippen LogP) is 4.30. The third kappa shape index (κ3) is 3.54. The van der Waals surface area contributed by atoms with Gasteiger partial charge < -0.3 is 15.8 Å². The van der Waals surface area contributed by atoms with Gasteiger partial charge >= 0.3 is 0 Å². The second kappa shape index (κ2) is 6.94. The number of aryl methyl sites for hydroxylation is 3. The zero-order chi connectivity index (χ0) is 19.1. The van der Waals surface area contributed by atoms with Crippen LogP contribution in [0, 0.1) is 6.92 Å². The lowest BCUT2D eigenvalue weighted by atomic mass is 10.1. The van der Waals surface area contributed by atoms with Gasteiger partial charge in [-0.05, 0) is 51.8 Å². The Morgan fingerprint density at radius 3 is 2.81 bits per heavy atom. The highest BCUT2D eigenvalue weighted by atomic mass is 32.1. The van der Waals surface area contributed by atoms with Crippen LogP contribution >= 0.6 is 22.7 Å². The van der Waals surface area contributed by atoms with E-state index in [0.29, 0.717) is 17.0 Å². The molecule has 6 nitrogen and oxygen atoms in total. The number of primary amides is 1. The average Bonchev–Trinajstić information content (AvgIpc) is 3.17. The average molecular weight is 401 g/mol. The Balaban J connectivity index is 1.70. The number of hydrogen-bond donors (Lipinski definition) is 2. The number of hydrogen-bond acceptors (Lipinski definition) is 7. The van der Waals surface area contributed by atoms with Gasteiger partial charge in [0.25, 0.3) is 0 Å². The molecule has 3 aromatic rings. The molecule has 1 aliphatic carbocycles. The van der Waals surface area contributed by atoms with E-state index in [4.69, 9.17) is 15.5 Å². The molecule has 0 radical (unpaired) electrons. The molecule has 0 atom stereocenters. The Kier molecular flexibility index (Phi) is 4.61. The molecule has 1 amide bonds. The molecule has 1 aliphatic rings. The van der Waals surface area contributed by atoms with Crippen molar-refractivity contribution in [2.24, 2.45) is 5.73 Å². The first kappa shape index (κ1) is 17.9. The van der Waals surface area contributed by atoms with Crippen LogP contribution in [0.3, 0.4) is 0 Å². The van der Waals surface area contributed by atoms with Gasteiger partial charge in [-0.1, -0.05) is 0 Å². The Morgan fingerprint density at radius 1 is 1.26 bits per heavy atom. The maximum Gasteiger partial charge on any atom is 0.248 e. The van der Waals surface area contributed by atoms with Gasteiger partial charge in [0.05, 0.1) is 33.1 Å². The zero-order valence-electron chi connectivity index (χ0n) is 15.3. The number of benzene rings is 1. The number of aromatic nitrogens is 2. The molecule has 0 saturated heterocycles. The van der Waals surface area contributed by atoms with Crippen LogP contribution in [0.5, 0.6) is 5.75 Å². The number of thiazole rings is 2. The van der Waals surface area contributed by atoms with Gasteiger partial charge in [-0.25, -0.2) is 9.97 Å². The third-order valence-electron chi connectivity index (χ3n) is 4.17. The summed E-state index contributed by atoms with van der Waals surface area (Å²) in [6.07, 6.45) is 1.91. The number of nitrogens with one attached hydrogen (secondary N) is 1. The summed E-state index contributed by atoms with van der Waals surface area (Å²) in [5.41, 5.74) is 8.71. The van der Waals surface area contributed by atoms with Crippen molar-refractivity contribution in [1.82, 2.24) is 9.97 Å². The first-order chi connectivity index (χ1) is 12.9. The second-order valence-electron chi connectivity index (χ2n) is 6.67. The maximum atomic E-state index is 11.6. The van der Waals surface area contributed by atoms with Gasteiger partial charge in [-0.3, -0.25) is 4.79 Å². The number of ether oxygens (including phenoxy) is 1. The summed E-state index contributed by atoms with van der Waals surface area (Å²) < 4.78 is 5.87. The molecule has 0 bridgehead atoms. The summed E-state index contributed by atoms with van der Waals surface area (Å²) in [7, 11) is 0. The highest BCUT2D eigenvalue weighted by Crippen LogP contribution is 2.42. The van der Waals surface area contributed by atoms with E-state index in [0.717, 1.165) is 34.4 Å². The fourth-order valence-electron chi connectivity index (χ4n) is 3.06. The number of rotatable bonds is 5. The normalized spacial score (nSPS) is 12.6. The summed E-state index contributed by atoms with van der Waals surface area (Å²) in [6.45, 7) is 5.95. The zero-order valence-corrected chi connectivity index (χ0v) is 17.0. The monoisotopic (exact) mass is 400 g/mol. The Hall–Kier alpha value is -2.45. The SMILES string of the molecule is Cc1nc2c(s1)-c1nc(Nc3cc(C(N)=O)ccc3OC(C)C)sc1CC2. The minimum atomic E-state index is -0.475. The molecule has 140 valence electrons. The van der Waals surface area contributed by atoms with Crippen molar-refractivity contribution in [3.63, 3.8) is 0 Å². The van der Waals surface area contributed by atoms with E-state index < -0.39 is 5.91 Å². The molecule has 0 unspecified atom stereocenters. The van der Waals surface area contributed by atoms with Crippen LogP contribution in [0.25, 0.3) is 10.6 Å². The van der Waals surface area contributed by atoms with E-state index in [-0.39, 0.29) is 6.10 Å². The minimum absolute atomic E-state index is 0.0113. The summed E-state index contributed by atoms with van der Waals surface area (Å²) in [5.74, 6) is 0.190. The van der Waals surface area contributed by atoms with Crippen LogP contribution in [-0.4, -0.2) is 22.0 Å². The Labute approximate surface area is 165 Å². The fraction of sp³-hybridized carbons (Fsp3) is 0.316. The molecule has 0 aliphatic heterocycles. The largest absolute Gasteiger partial charge is 0.489 e. The molecule has 3 N–H and O–H groups in total. The fourth-order valence-corrected chi connectivity index (χ4v) is 5.09. The van der Waals surface area contributed by atoms with Crippen LogP contribution < -0.4 is 15.8 Å². The molecule has 0 spiro atoms.